The van der Waals surface area contributed by atoms with Gasteiger partial charge in [-0.15, -0.1) is 0 Å². The Morgan fingerprint density at radius 1 is 0.926 bits per heavy atom. The van der Waals surface area contributed by atoms with E-state index >= 15 is 0 Å². The van der Waals surface area contributed by atoms with E-state index in [1.54, 1.807) is 32.4 Å². The molecule has 0 aliphatic carbocycles. The first-order valence-electron chi connectivity index (χ1n) is 8.89. The van der Waals surface area contributed by atoms with Crippen LogP contribution in [0.25, 0.3) is 0 Å². The molecule has 27 heavy (non-hydrogen) atoms. The van der Waals surface area contributed by atoms with Gasteiger partial charge in [0.05, 0.1) is 19.1 Å². The molecule has 0 atom stereocenters. The summed E-state index contributed by atoms with van der Waals surface area (Å²) in [5.74, 6) is 2.22. The number of ether oxygens (including phenoxy) is 3. The van der Waals surface area contributed by atoms with Crippen LogP contribution >= 0.6 is 0 Å². The molecular weight excluding hydrogens is 366 g/mol. The van der Waals surface area contributed by atoms with E-state index in [1.807, 2.05) is 31.2 Å². The molecule has 1 saturated heterocycles. The SMILES string of the molecule is COc1ccc(OC2CCN(S(=O)(=O)c3ccc(OC)c(C)c3)CC2)cc1. The van der Waals surface area contributed by atoms with Gasteiger partial charge in [0.15, 0.2) is 0 Å². The van der Waals surface area contributed by atoms with Crippen LogP contribution in [-0.2, 0) is 10.0 Å². The maximum Gasteiger partial charge on any atom is 0.243 e. The molecule has 2 aromatic carbocycles. The van der Waals surface area contributed by atoms with Crippen LogP contribution < -0.4 is 14.2 Å². The second-order valence-electron chi connectivity index (χ2n) is 6.53. The van der Waals surface area contributed by atoms with E-state index in [1.165, 1.54) is 4.31 Å². The van der Waals surface area contributed by atoms with Crippen LogP contribution in [-0.4, -0.2) is 46.1 Å². The molecule has 1 aliphatic heterocycles. The number of hydrogen-bond acceptors (Lipinski definition) is 5. The minimum Gasteiger partial charge on any atom is -0.497 e. The molecule has 0 bridgehead atoms. The van der Waals surface area contributed by atoms with Gasteiger partial charge < -0.3 is 14.2 Å². The van der Waals surface area contributed by atoms with E-state index in [0.717, 1.165) is 17.1 Å². The van der Waals surface area contributed by atoms with Crippen molar-refractivity contribution in [3.63, 3.8) is 0 Å². The van der Waals surface area contributed by atoms with Crippen LogP contribution in [0.4, 0.5) is 0 Å². The molecule has 1 fully saturated rings. The van der Waals surface area contributed by atoms with Gasteiger partial charge in [-0.2, -0.15) is 4.31 Å². The lowest BCUT2D eigenvalue weighted by molar-refractivity contribution is 0.135. The average Bonchev–Trinajstić information content (AvgIpc) is 2.69. The van der Waals surface area contributed by atoms with Crippen LogP contribution in [0.3, 0.4) is 0 Å². The smallest absolute Gasteiger partial charge is 0.243 e. The Balaban J connectivity index is 1.62. The van der Waals surface area contributed by atoms with Crippen LogP contribution in [0.5, 0.6) is 17.2 Å². The molecule has 1 heterocycles. The highest BCUT2D eigenvalue weighted by molar-refractivity contribution is 7.89. The third kappa shape index (κ3) is 4.36. The fraction of sp³-hybridized carbons (Fsp3) is 0.400. The lowest BCUT2D eigenvalue weighted by Gasteiger charge is -2.31. The van der Waals surface area contributed by atoms with Gasteiger partial charge in [-0.25, -0.2) is 8.42 Å². The van der Waals surface area contributed by atoms with Crippen LogP contribution in [0.15, 0.2) is 47.4 Å². The first-order chi connectivity index (χ1) is 12.9. The van der Waals surface area contributed by atoms with E-state index in [2.05, 4.69) is 0 Å². The predicted molar refractivity (Wildman–Crippen MR) is 103 cm³/mol. The van der Waals surface area contributed by atoms with Crippen LogP contribution in [0.1, 0.15) is 18.4 Å². The molecule has 0 saturated carbocycles. The predicted octanol–water partition coefficient (Wildman–Crippen LogP) is 3.24. The van der Waals surface area contributed by atoms with Crippen molar-refractivity contribution >= 4 is 10.0 Å². The molecule has 0 radical (unpaired) electrons. The molecule has 0 aromatic heterocycles. The Morgan fingerprint density at radius 3 is 2.11 bits per heavy atom. The Morgan fingerprint density at radius 2 is 1.56 bits per heavy atom. The first-order valence-corrected chi connectivity index (χ1v) is 10.3. The van der Waals surface area contributed by atoms with Crippen LogP contribution in [0.2, 0.25) is 0 Å². The summed E-state index contributed by atoms with van der Waals surface area (Å²) in [6.07, 6.45) is 1.31. The normalized spacial score (nSPS) is 16.1. The van der Waals surface area contributed by atoms with Crippen LogP contribution in [0, 0.1) is 6.92 Å². The Bertz CT molecular complexity index is 872. The molecule has 1 aliphatic rings. The Hall–Kier alpha value is -2.25. The highest BCUT2D eigenvalue weighted by atomic mass is 32.2. The van der Waals surface area contributed by atoms with Gasteiger partial charge in [0.1, 0.15) is 23.4 Å². The number of hydrogen-bond donors (Lipinski definition) is 0. The zero-order chi connectivity index (χ0) is 19.4. The Kier molecular flexibility index (Phi) is 5.92. The summed E-state index contributed by atoms with van der Waals surface area (Å²) in [7, 11) is -0.314. The molecule has 0 unspecified atom stereocenters. The maximum absolute atomic E-state index is 12.9. The van der Waals surface area contributed by atoms with Gasteiger partial charge in [-0.3, -0.25) is 0 Å². The number of benzene rings is 2. The van der Waals surface area contributed by atoms with Crippen molar-refractivity contribution in [3.8, 4) is 17.2 Å². The quantitative estimate of drug-likeness (QED) is 0.756. The molecule has 2 aromatic rings. The zero-order valence-electron chi connectivity index (χ0n) is 15.8. The molecule has 0 N–H and O–H groups in total. The lowest BCUT2D eigenvalue weighted by atomic mass is 10.1. The van der Waals surface area contributed by atoms with Crippen molar-refractivity contribution < 1.29 is 22.6 Å². The van der Waals surface area contributed by atoms with Crippen molar-refractivity contribution in [2.45, 2.75) is 30.8 Å². The van der Waals surface area contributed by atoms with Crippen molar-refractivity contribution in [1.29, 1.82) is 0 Å². The fourth-order valence-corrected chi connectivity index (χ4v) is 4.75. The number of piperidine rings is 1. The first kappa shape index (κ1) is 19.5. The second-order valence-corrected chi connectivity index (χ2v) is 8.47. The summed E-state index contributed by atoms with van der Waals surface area (Å²) in [5.41, 5.74) is 0.802. The number of sulfonamides is 1. The van der Waals surface area contributed by atoms with Crippen molar-refractivity contribution in [2.24, 2.45) is 0 Å². The zero-order valence-corrected chi connectivity index (χ0v) is 16.7. The number of aryl methyl sites for hydroxylation is 1. The summed E-state index contributed by atoms with van der Waals surface area (Å²) in [6.45, 7) is 2.72. The molecule has 0 spiro atoms. The van der Waals surface area contributed by atoms with E-state index in [0.29, 0.717) is 36.6 Å². The third-order valence-electron chi connectivity index (χ3n) is 4.77. The lowest BCUT2D eigenvalue weighted by Crippen LogP contribution is -2.41. The number of nitrogens with zero attached hydrogens (tertiary/aromatic N) is 1. The molecular formula is C20H25NO5S. The topological polar surface area (TPSA) is 65.1 Å². The molecule has 0 amide bonds. The van der Waals surface area contributed by atoms with E-state index in [4.69, 9.17) is 14.2 Å². The second kappa shape index (κ2) is 8.19. The van der Waals surface area contributed by atoms with E-state index in [9.17, 15) is 8.42 Å². The molecule has 7 heteroatoms. The maximum atomic E-state index is 12.9. The fourth-order valence-electron chi connectivity index (χ4n) is 3.20. The van der Waals surface area contributed by atoms with Crippen molar-refractivity contribution in [1.82, 2.24) is 4.31 Å². The minimum atomic E-state index is -3.51. The summed E-state index contributed by atoms with van der Waals surface area (Å²) in [5, 5.41) is 0. The standard InChI is InChI=1S/C20H25NO5S/c1-15-14-19(8-9-20(15)25-3)27(22,23)21-12-10-18(11-13-21)26-17-6-4-16(24-2)5-7-17/h4-9,14,18H,10-13H2,1-3H3. The minimum absolute atomic E-state index is 0.00227. The summed E-state index contributed by atoms with van der Waals surface area (Å²) in [6, 6.07) is 12.4. The summed E-state index contributed by atoms with van der Waals surface area (Å²) in [4.78, 5) is 0.301. The average molecular weight is 391 g/mol. The van der Waals surface area contributed by atoms with Gasteiger partial charge in [0.2, 0.25) is 10.0 Å². The van der Waals surface area contributed by atoms with Gasteiger partial charge in [-0.05, 0) is 67.8 Å². The molecule has 6 nitrogen and oxygen atoms in total. The Labute approximate surface area is 160 Å². The highest BCUT2D eigenvalue weighted by Crippen LogP contribution is 2.27. The highest BCUT2D eigenvalue weighted by Gasteiger charge is 2.30. The number of methoxy groups -OCH3 is 2. The van der Waals surface area contributed by atoms with Crippen molar-refractivity contribution in [3.05, 3.63) is 48.0 Å². The molecule has 3 rings (SSSR count). The molecule has 146 valence electrons. The van der Waals surface area contributed by atoms with Gasteiger partial charge in [0, 0.05) is 13.1 Å². The third-order valence-corrected chi connectivity index (χ3v) is 6.66. The number of rotatable bonds is 6. The van der Waals surface area contributed by atoms with Crippen molar-refractivity contribution in [2.75, 3.05) is 27.3 Å². The summed E-state index contributed by atoms with van der Waals surface area (Å²) < 4.78 is 43.7. The van der Waals surface area contributed by atoms with E-state index < -0.39 is 10.0 Å². The monoisotopic (exact) mass is 391 g/mol. The summed E-state index contributed by atoms with van der Waals surface area (Å²) >= 11 is 0. The van der Waals surface area contributed by atoms with E-state index in [-0.39, 0.29) is 6.10 Å². The van der Waals surface area contributed by atoms with Gasteiger partial charge in [0.25, 0.3) is 0 Å². The van der Waals surface area contributed by atoms with Gasteiger partial charge in [-0.1, -0.05) is 0 Å². The largest absolute Gasteiger partial charge is 0.497 e. The van der Waals surface area contributed by atoms with Gasteiger partial charge >= 0.3 is 0 Å².